The van der Waals surface area contributed by atoms with Gasteiger partial charge in [0, 0.05) is 43.0 Å². The van der Waals surface area contributed by atoms with Crippen molar-refractivity contribution in [3.8, 4) is 11.4 Å². The third kappa shape index (κ3) is 3.32. The summed E-state index contributed by atoms with van der Waals surface area (Å²) in [7, 11) is 0. The van der Waals surface area contributed by atoms with Gasteiger partial charge in [-0.15, -0.1) is 5.10 Å². The van der Waals surface area contributed by atoms with Crippen LogP contribution in [0.1, 0.15) is 24.1 Å². The number of piperazine rings is 1. The average Bonchev–Trinajstić information content (AvgIpc) is 3.27. The highest BCUT2D eigenvalue weighted by Crippen LogP contribution is 2.32. The minimum Gasteiger partial charge on any atom is -0.368 e. The number of hydrogen-bond acceptors (Lipinski definition) is 5. The van der Waals surface area contributed by atoms with E-state index in [0.717, 1.165) is 56.2 Å². The topological polar surface area (TPSA) is 49.6 Å². The van der Waals surface area contributed by atoms with Gasteiger partial charge in [0.25, 0.3) is 5.78 Å². The molecule has 1 aliphatic heterocycles. The van der Waals surface area contributed by atoms with Gasteiger partial charge in [0.15, 0.2) is 5.82 Å². The van der Waals surface area contributed by atoms with Crippen molar-refractivity contribution in [2.45, 2.75) is 25.7 Å². The van der Waals surface area contributed by atoms with Gasteiger partial charge in [-0.1, -0.05) is 48.5 Å². The van der Waals surface area contributed by atoms with Gasteiger partial charge in [-0.05, 0) is 37.8 Å². The molecule has 1 fully saturated rings. The molecule has 2 aromatic carbocycles. The third-order valence-electron chi connectivity index (χ3n) is 6.47. The number of benzene rings is 2. The molecule has 31 heavy (non-hydrogen) atoms. The van der Waals surface area contributed by atoms with Gasteiger partial charge in [-0.2, -0.15) is 9.50 Å². The fraction of sp³-hybridized carbons (Fsp3) is 0.320. The number of anilines is 2. The Morgan fingerprint density at radius 1 is 0.677 bits per heavy atom. The van der Waals surface area contributed by atoms with Gasteiger partial charge < -0.3 is 9.80 Å². The predicted molar refractivity (Wildman–Crippen MR) is 124 cm³/mol. The molecular weight excluding hydrogens is 384 g/mol. The lowest BCUT2D eigenvalue weighted by atomic mass is 9.96. The van der Waals surface area contributed by atoms with Crippen molar-refractivity contribution in [1.29, 1.82) is 0 Å². The highest BCUT2D eigenvalue weighted by Gasteiger charge is 2.27. The number of nitrogens with zero attached hydrogens (tertiary/aromatic N) is 6. The van der Waals surface area contributed by atoms with Gasteiger partial charge >= 0.3 is 0 Å². The second-order valence-electron chi connectivity index (χ2n) is 8.39. The molecule has 1 aliphatic carbocycles. The smallest absolute Gasteiger partial charge is 0.254 e. The zero-order chi connectivity index (χ0) is 20.6. The lowest BCUT2D eigenvalue weighted by Gasteiger charge is -2.38. The monoisotopic (exact) mass is 410 g/mol. The van der Waals surface area contributed by atoms with Gasteiger partial charge in [-0.3, -0.25) is 0 Å². The van der Waals surface area contributed by atoms with E-state index in [9.17, 15) is 0 Å². The van der Waals surface area contributed by atoms with Crippen LogP contribution in [0.5, 0.6) is 0 Å². The van der Waals surface area contributed by atoms with Crippen LogP contribution in [-0.4, -0.2) is 45.8 Å². The molecule has 0 unspecified atom stereocenters. The molecule has 2 aromatic heterocycles. The summed E-state index contributed by atoms with van der Waals surface area (Å²) in [6, 6.07) is 20.9. The van der Waals surface area contributed by atoms with E-state index in [4.69, 9.17) is 15.1 Å². The Morgan fingerprint density at radius 2 is 1.35 bits per heavy atom. The van der Waals surface area contributed by atoms with E-state index in [1.54, 1.807) is 0 Å². The summed E-state index contributed by atoms with van der Waals surface area (Å²) in [5.41, 5.74) is 4.92. The summed E-state index contributed by atoms with van der Waals surface area (Å²) in [6.07, 6.45) is 4.54. The van der Waals surface area contributed by atoms with Crippen molar-refractivity contribution >= 4 is 17.3 Å². The first kappa shape index (κ1) is 18.4. The number of para-hydroxylation sites is 1. The molecule has 0 saturated carbocycles. The molecule has 3 heterocycles. The average molecular weight is 411 g/mol. The van der Waals surface area contributed by atoms with Crippen molar-refractivity contribution in [3.05, 3.63) is 71.9 Å². The van der Waals surface area contributed by atoms with Crippen LogP contribution in [0, 0.1) is 0 Å². The summed E-state index contributed by atoms with van der Waals surface area (Å²) < 4.78 is 2.00. The largest absolute Gasteiger partial charge is 0.368 e. The highest BCUT2D eigenvalue weighted by atomic mass is 15.4. The number of aromatic nitrogens is 4. The Balaban J connectivity index is 1.39. The summed E-state index contributed by atoms with van der Waals surface area (Å²) in [4.78, 5) is 14.7. The first-order chi connectivity index (χ1) is 15.4. The van der Waals surface area contributed by atoms with Crippen molar-refractivity contribution in [3.63, 3.8) is 0 Å². The van der Waals surface area contributed by atoms with E-state index in [1.807, 2.05) is 22.7 Å². The van der Waals surface area contributed by atoms with Crippen LogP contribution >= 0.6 is 0 Å². The van der Waals surface area contributed by atoms with Crippen LogP contribution in [0.4, 0.5) is 11.5 Å². The third-order valence-corrected chi connectivity index (χ3v) is 6.47. The van der Waals surface area contributed by atoms with E-state index < -0.39 is 0 Å². The number of rotatable bonds is 3. The molecule has 6 heteroatoms. The standard InChI is InChI=1S/C25H26N6/c1-3-9-19(10-4-1)23-27-25-26-22-14-8-7-13-21(22)24(31(25)28-23)30-17-15-29(16-18-30)20-11-5-2-6-12-20/h1-6,9-12H,7-8,13-18H2. The Hall–Kier alpha value is -3.41. The molecule has 156 valence electrons. The normalized spacial score (nSPS) is 16.5. The first-order valence-corrected chi connectivity index (χ1v) is 11.3. The Labute approximate surface area is 182 Å². The molecule has 4 aromatic rings. The second-order valence-corrected chi connectivity index (χ2v) is 8.39. The van der Waals surface area contributed by atoms with E-state index in [-0.39, 0.29) is 0 Å². The molecule has 1 saturated heterocycles. The predicted octanol–water partition coefficient (Wildman–Crippen LogP) is 4.00. The molecule has 0 amide bonds. The number of fused-ring (bicyclic) bond motifs is 2. The summed E-state index contributed by atoms with van der Waals surface area (Å²) in [6.45, 7) is 3.95. The minimum atomic E-state index is 0.722. The van der Waals surface area contributed by atoms with E-state index >= 15 is 0 Å². The van der Waals surface area contributed by atoms with Gasteiger partial charge in [0.1, 0.15) is 5.82 Å². The number of aryl methyl sites for hydroxylation is 1. The van der Waals surface area contributed by atoms with Crippen molar-refractivity contribution in [2.24, 2.45) is 0 Å². The summed E-state index contributed by atoms with van der Waals surface area (Å²) >= 11 is 0. The van der Waals surface area contributed by atoms with Crippen LogP contribution in [0.2, 0.25) is 0 Å². The van der Waals surface area contributed by atoms with Crippen molar-refractivity contribution < 1.29 is 0 Å². The Bertz CT molecular complexity index is 1190. The maximum absolute atomic E-state index is 4.93. The Kier molecular flexibility index (Phi) is 4.55. The molecule has 0 bridgehead atoms. The molecule has 0 N–H and O–H groups in total. The lowest BCUT2D eigenvalue weighted by Crippen LogP contribution is -2.47. The summed E-state index contributed by atoms with van der Waals surface area (Å²) in [5, 5.41) is 4.93. The maximum atomic E-state index is 4.93. The van der Waals surface area contributed by atoms with Crippen LogP contribution < -0.4 is 9.80 Å². The molecular formula is C25H26N6. The fourth-order valence-electron chi connectivity index (χ4n) is 4.87. The van der Waals surface area contributed by atoms with Crippen LogP contribution in [0.25, 0.3) is 17.2 Å². The van der Waals surface area contributed by atoms with Gasteiger partial charge in [-0.25, -0.2) is 4.98 Å². The molecule has 0 atom stereocenters. The fourth-order valence-corrected chi connectivity index (χ4v) is 4.87. The lowest BCUT2D eigenvalue weighted by molar-refractivity contribution is 0.615. The van der Waals surface area contributed by atoms with Crippen LogP contribution in [-0.2, 0) is 12.8 Å². The Morgan fingerprint density at radius 3 is 2.13 bits per heavy atom. The maximum Gasteiger partial charge on any atom is 0.254 e. The van der Waals surface area contributed by atoms with Crippen LogP contribution in [0.3, 0.4) is 0 Å². The van der Waals surface area contributed by atoms with E-state index in [2.05, 4.69) is 52.3 Å². The van der Waals surface area contributed by atoms with E-state index in [1.165, 1.54) is 35.6 Å². The second kappa shape index (κ2) is 7.69. The molecule has 2 aliphatic rings. The molecule has 0 spiro atoms. The SMILES string of the molecule is c1ccc(-c2nc3nc4c(c(N5CCN(c6ccccc6)CC5)n3n2)CCCC4)cc1. The number of hydrogen-bond donors (Lipinski definition) is 0. The van der Waals surface area contributed by atoms with Crippen molar-refractivity contribution in [2.75, 3.05) is 36.0 Å². The quantitative estimate of drug-likeness (QED) is 0.511. The van der Waals surface area contributed by atoms with Crippen LogP contribution in [0.15, 0.2) is 60.7 Å². The highest BCUT2D eigenvalue weighted by molar-refractivity contribution is 5.62. The van der Waals surface area contributed by atoms with Crippen molar-refractivity contribution in [1.82, 2.24) is 19.6 Å². The molecule has 6 nitrogen and oxygen atoms in total. The van der Waals surface area contributed by atoms with Gasteiger partial charge in [0.2, 0.25) is 0 Å². The first-order valence-electron chi connectivity index (χ1n) is 11.3. The zero-order valence-electron chi connectivity index (χ0n) is 17.6. The van der Waals surface area contributed by atoms with Gasteiger partial charge in [0.05, 0.1) is 5.69 Å². The molecule has 6 rings (SSSR count). The minimum absolute atomic E-state index is 0.722. The van der Waals surface area contributed by atoms with E-state index in [0.29, 0.717) is 0 Å². The zero-order valence-corrected chi connectivity index (χ0v) is 17.6. The molecule has 0 radical (unpaired) electrons. The summed E-state index contributed by atoms with van der Waals surface area (Å²) in [5.74, 6) is 2.68.